The summed E-state index contributed by atoms with van der Waals surface area (Å²) in [6.07, 6.45) is 2.56. The Bertz CT molecular complexity index is 1140. The van der Waals surface area contributed by atoms with Crippen molar-refractivity contribution in [1.82, 2.24) is 29.7 Å². The normalized spacial score (nSPS) is 11.2. The summed E-state index contributed by atoms with van der Waals surface area (Å²) in [6.45, 7) is 1.01. The zero-order valence-electron chi connectivity index (χ0n) is 15.3. The molecule has 0 aliphatic rings. The number of methoxy groups -OCH3 is 1. The van der Waals surface area contributed by atoms with Crippen LogP contribution in [0.1, 0.15) is 12.2 Å². The second kappa shape index (κ2) is 7.63. The third-order valence-corrected chi connectivity index (χ3v) is 4.50. The fourth-order valence-electron chi connectivity index (χ4n) is 3.06. The van der Waals surface area contributed by atoms with Crippen molar-refractivity contribution in [3.05, 3.63) is 54.2 Å². The first kappa shape index (κ1) is 17.9. The van der Waals surface area contributed by atoms with Crippen LogP contribution in [0.25, 0.3) is 16.6 Å². The van der Waals surface area contributed by atoms with Crippen molar-refractivity contribution in [2.45, 2.75) is 19.4 Å². The molecule has 4 rings (SSSR count). The number of fused-ring (bicyclic) bond motifs is 2. The van der Waals surface area contributed by atoms with E-state index in [0.29, 0.717) is 36.9 Å². The smallest absolute Gasteiger partial charge is 0.231 e. The molecule has 4 aromatic rings. The van der Waals surface area contributed by atoms with Crippen LogP contribution in [0, 0.1) is 5.82 Å². The highest BCUT2D eigenvalue weighted by atomic mass is 19.1. The van der Waals surface area contributed by atoms with Crippen LogP contribution in [0.15, 0.2) is 42.6 Å². The summed E-state index contributed by atoms with van der Waals surface area (Å²) in [7, 11) is 1.54. The number of aryl methyl sites for hydroxylation is 1. The highest BCUT2D eigenvalue weighted by Gasteiger charge is 2.10. The molecule has 0 unspecified atom stereocenters. The Morgan fingerprint density at radius 3 is 2.96 bits per heavy atom. The van der Waals surface area contributed by atoms with Crippen LogP contribution in [0.3, 0.4) is 0 Å². The van der Waals surface area contributed by atoms with Gasteiger partial charge in [0.2, 0.25) is 11.8 Å². The summed E-state index contributed by atoms with van der Waals surface area (Å²) >= 11 is 0. The third-order valence-electron chi connectivity index (χ3n) is 4.50. The zero-order chi connectivity index (χ0) is 19.5. The van der Waals surface area contributed by atoms with Gasteiger partial charge >= 0.3 is 0 Å². The maximum atomic E-state index is 13.4. The minimum Gasteiger partial charge on any atom is -0.480 e. The van der Waals surface area contributed by atoms with E-state index in [9.17, 15) is 9.18 Å². The van der Waals surface area contributed by atoms with Gasteiger partial charge in [-0.1, -0.05) is 0 Å². The number of carbonyl (C=O) groups is 1. The molecule has 0 saturated carbocycles. The third kappa shape index (κ3) is 3.64. The van der Waals surface area contributed by atoms with E-state index in [2.05, 4.69) is 20.6 Å². The van der Waals surface area contributed by atoms with Gasteiger partial charge < -0.3 is 14.6 Å². The molecule has 0 radical (unpaired) electrons. The molecule has 1 N–H and O–H groups in total. The standard InChI is InChI=1S/C19H19FN6O2/c1-28-19-7-5-17-23-22-16(26(17)24-19)4-6-18(27)21-9-11-25-10-8-13-2-3-14(20)12-15(13)25/h2-3,5,7-8,10,12H,4,6,9,11H2,1H3,(H,21,27). The summed E-state index contributed by atoms with van der Waals surface area (Å²) in [5, 5.41) is 16.2. The summed E-state index contributed by atoms with van der Waals surface area (Å²) in [5.74, 6) is 0.675. The molecule has 1 aromatic carbocycles. The molecule has 9 heteroatoms. The Morgan fingerprint density at radius 1 is 1.21 bits per heavy atom. The van der Waals surface area contributed by atoms with Crippen LogP contribution in [-0.2, 0) is 17.8 Å². The van der Waals surface area contributed by atoms with Crippen molar-refractivity contribution in [1.29, 1.82) is 0 Å². The maximum Gasteiger partial charge on any atom is 0.231 e. The monoisotopic (exact) mass is 382 g/mol. The van der Waals surface area contributed by atoms with E-state index in [0.717, 1.165) is 10.9 Å². The molecular weight excluding hydrogens is 363 g/mol. The zero-order valence-corrected chi connectivity index (χ0v) is 15.3. The Hall–Kier alpha value is -3.49. The summed E-state index contributed by atoms with van der Waals surface area (Å²) in [6, 6.07) is 10.1. The van der Waals surface area contributed by atoms with E-state index < -0.39 is 0 Å². The summed E-state index contributed by atoms with van der Waals surface area (Å²) in [5.41, 5.74) is 1.41. The predicted octanol–water partition coefficient (Wildman–Crippen LogP) is 1.98. The van der Waals surface area contributed by atoms with Crippen LogP contribution < -0.4 is 10.1 Å². The fraction of sp³-hybridized carbons (Fsp3) is 0.263. The van der Waals surface area contributed by atoms with Crippen molar-refractivity contribution in [2.24, 2.45) is 0 Å². The number of nitrogens with zero attached hydrogens (tertiary/aromatic N) is 5. The van der Waals surface area contributed by atoms with Crippen LogP contribution in [-0.4, -0.2) is 43.9 Å². The van der Waals surface area contributed by atoms with Gasteiger partial charge in [-0.15, -0.1) is 15.3 Å². The number of nitrogens with one attached hydrogen (secondary N) is 1. The Labute approximate surface area is 159 Å². The quantitative estimate of drug-likeness (QED) is 0.528. The highest BCUT2D eigenvalue weighted by Crippen LogP contribution is 2.16. The molecule has 0 atom stereocenters. The van der Waals surface area contributed by atoms with Crippen LogP contribution in [0.5, 0.6) is 5.88 Å². The predicted molar refractivity (Wildman–Crippen MR) is 101 cm³/mol. The van der Waals surface area contributed by atoms with Crippen LogP contribution in [0.4, 0.5) is 4.39 Å². The minimum atomic E-state index is -0.276. The van der Waals surface area contributed by atoms with Crippen molar-refractivity contribution < 1.29 is 13.9 Å². The highest BCUT2D eigenvalue weighted by molar-refractivity contribution is 5.80. The lowest BCUT2D eigenvalue weighted by atomic mass is 10.2. The van der Waals surface area contributed by atoms with E-state index in [1.54, 1.807) is 22.7 Å². The summed E-state index contributed by atoms with van der Waals surface area (Å²) in [4.78, 5) is 12.2. The van der Waals surface area contributed by atoms with Gasteiger partial charge in [-0.05, 0) is 35.7 Å². The molecule has 28 heavy (non-hydrogen) atoms. The Kier molecular flexibility index (Phi) is 4.88. The van der Waals surface area contributed by atoms with Gasteiger partial charge in [0.1, 0.15) is 5.82 Å². The van der Waals surface area contributed by atoms with Crippen molar-refractivity contribution in [3.63, 3.8) is 0 Å². The molecular formula is C19H19FN6O2. The molecule has 0 bridgehead atoms. The number of hydrogen-bond acceptors (Lipinski definition) is 5. The largest absolute Gasteiger partial charge is 0.480 e. The topological polar surface area (TPSA) is 86.3 Å². The number of aromatic nitrogens is 5. The van der Waals surface area contributed by atoms with E-state index in [-0.39, 0.29) is 18.1 Å². The van der Waals surface area contributed by atoms with Gasteiger partial charge in [0.25, 0.3) is 0 Å². The molecule has 0 saturated heterocycles. The van der Waals surface area contributed by atoms with Crippen molar-refractivity contribution >= 4 is 22.5 Å². The molecule has 0 aliphatic carbocycles. The number of rotatable bonds is 7. The Morgan fingerprint density at radius 2 is 2.11 bits per heavy atom. The van der Waals surface area contributed by atoms with Gasteiger partial charge in [0.05, 0.1) is 12.6 Å². The van der Waals surface area contributed by atoms with Crippen LogP contribution in [0.2, 0.25) is 0 Å². The van der Waals surface area contributed by atoms with E-state index in [1.165, 1.54) is 19.2 Å². The van der Waals surface area contributed by atoms with Gasteiger partial charge in [-0.3, -0.25) is 4.79 Å². The number of ether oxygens (including phenoxy) is 1. The van der Waals surface area contributed by atoms with E-state index in [4.69, 9.17) is 4.74 Å². The molecule has 0 spiro atoms. The molecule has 8 nitrogen and oxygen atoms in total. The first-order valence-corrected chi connectivity index (χ1v) is 8.90. The fourth-order valence-corrected chi connectivity index (χ4v) is 3.06. The second-order valence-corrected chi connectivity index (χ2v) is 6.32. The minimum absolute atomic E-state index is 0.0951. The van der Waals surface area contributed by atoms with Gasteiger partial charge in [-0.2, -0.15) is 4.52 Å². The maximum absolute atomic E-state index is 13.4. The van der Waals surface area contributed by atoms with Crippen molar-refractivity contribution in [2.75, 3.05) is 13.7 Å². The van der Waals surface area contributed by atoms with E-state index >= 15 is 0 Å². The molecule has 0 aliphatic heterocycles. The lowest BCUT2D eigenvalue weighted by molar-refractivity contribution is -0.121. The number of amides is 1. The molecule has 144 valence electrons. The molecule has 3 aromatic heterocycles. The molecule has 1 amide bonds. The number of carbonyl (C=O) groups excluding carboxylic acids is 1. The Balaban J connectivity index is 1.32. The average molecular weight is 382 g/mol. The molecule has 3 heterocycles. The summed E-state index contributed by atoms with van der Waals surface area (Å²) < 4.78 is 22.0. The average Bonchev–Trinajstić information content (AvgIpc) is 3.29. The van der Waals surface area contributed by atoms with Crippen molar-refractivity contribution in [3.8, 4) is 5.88 Å². The lowest BCUT2D eigenvalue weighted by Crippen LogP contribution is -2.27. The number of benzene rings is 1. The second-order valence-electron chi connectivity index (χ2n) is 6.32. The molecule has 0 fully saturated rings. The first-order valence-electron chi connectivity index (χ1n) is 8.90. The SMILES string of the molecule is COc1ccc2nnc(CCC(=O)NCCn3ccc4ccc(F)cc43)n2n1. The van der Waals surface area contributed by atoms with E-state index in [1.807, 2.05) is 16.8 Å². The van der Waals surface area contributed by atoms with Gasteiger partial charge in [-0.25, -0.2) is 4.39 Å². The lowest BCUT2D eigenvalue weighted by Gasteiger charge is -2.08. The number of hydrogen-bond donors (Lipinski definition) is 1. The van der Waals surface area contributed by atoms with Gasteiger partial charge in [0, 0.05) is 38.2 Å². The van der Waals surface area contributed by atoms with Crippen LogP contribution >= 0.6 is 0 Å². The van der Waals surface area contributed by atoms with Gasteiger partial charge in [0.15, 0.2) is 11.5 Å². The number of halogens is 1. The first-order chi connectivity index (χ1) is 13.6.